The number of amides is 1. The fraction of sp³-hybridized carbons (Fsp3) is 0.812. The monoisotopic (exact) mass is 371 g/mol. The van der Waals surface area contributed by atoms with Crippen LogP contribution in [-0.2, 0) is 24.2 Å². The lowest BCUT2D eigenvalue weighted by Crippen LogP contribution is -2.52. The Kier molecular flexibility index (Phi) is 6.41. The minimum Gasteiger partial charge on any atom is -0.452 e. The van der Waals surface area contributed by atoms with Gasteiger partial charge in [0.1, 0.15) is 5.54 Å². The molecule has 1 amide bonds. The van der Waals surface area contributed by atoms with E-state index in [-0.39, 0.29) is 31.1 Å². The van der Waals surface area contributed by atoms with Crippen molar-refractivity contribution in [3.05, 3.63) is 0 Å². The molecule has 25 heavy (non-hydrogen) atoms. The van der Waals surface area contributed by atoms with Gasteiger partial charge >= 0.3 is 5.97 Å². The summed E-state index contributed by atoms with van der Waals surface area (Å²) in [5.74, 6) is -0.989. The number of carbonyl (C=O) groups is 2. The fourth-order valence-corrected chi connectivity index (χ4v) is 4.41. The number of sulfone groups is 1. The summed E-state index contributed by atoms with van der Waals surface area (Å²) in [4.78, 5) is 25.9. The minimum atomic E-state index is -3.00. The fourth-order valence-electron chi connectivity index (χ4n) is 3.14. The second-order valence-corrected chi connectivity index (χ2v) is 9.11. The molecule has 9 heteroatoms. The summed E-state index contributed by atoms with van der Waals surface area (Å²) in [7, 11) is -3.00. The first-order valence-electron chi connectivity index (χ1n) is 8.61. The van der Waals surface area contributed by atoms with Crippen molar-refractivity contribution in [1.29, 1.82) is 5.26 Å². The number of esters is 1. The van der Waals surface area contributed by atoms with E-state index in [0.717, 1.165) is 19.3 Å². The molecular weight excluding hydrogens is 346 g/mol. The van der Waals surface area contributed by atoms with Gasteiger partial charge in [-0.05, 0) is 19.8 Å². The lowest BCUT2D eigenvalue weighted by atomic mass is 9.83. The van der Waals surface area contributed by atoms with Crippen molar-refractivity contribution in [1.82, 2.24) is 10.2 Å². The van der Waals surface area contributed by atoms with Gasteiger partial charge in [0.15, 0.2) is 15.9 Å². The van der Waals surface area contributed by atoms with Crippen molar-refractivity contribution in [3.63, 3.8) is 0 Å². The average Bonchev–Trinajstić information content (AvgIpc) is 2.57. The Morgan fingerprint density at radius 3 is 2.40 bits per heavy atom. The zero-order chi connectivity index (χ0) is 18.5. The summed E-state index contributed by atoms with van der Waals surface area (Å²) in [5.41, 5.74) is -0.864. The molecule has 0 aromatic rings. The van der Waals surface area contributed by atoms with Gasteiger partial charge in [-0.15, -0.1) is 0 Å². The molecule has 1 saturated heterocycles. The van der Waals surface area contributed by atoms with E-state index in [2.05, 4.69) is 11.4 Å². The van der Waals surface area contributed by atoms with E-state index in [9.17, 15) is 23.3 Å². The van der Waals surface area contributed by atoms with Gasteiger partial charge in [-0.1, -0.05) is 19.3 Å². The van der Waals surface area contributed by atoms with Crippen LogP contribution in [0.4, 0.5) is 0 Å². The molecule has 1 aliphatic heterocycles. The number of nitrogens with zero attached hydrogens (tertiary/aromatic N) is 2. The highest BCUT2D eigenvalue weighted by Gasteiger charge is 2.35. The summed E-state index contributed by atoms with van der Waals surface area (Å²) in [6.07, 6.45) is 3.05. The van der Waals surface area contributed by atoms with E-state index >= 15 is 0 Å². The van der Waals surface area contributed by atoms with Crippen molar-refractivity contribution in [2.24, 2.45) is 0 Å². The van der Waals surface area contributed by atoms with Gasteiger partial charge in [0, 0.05) is 13.1 Å². The lowest BCUT2D eigenvalue weighted by Gasteiger charge is -2.32. The third-order valence-electron chi connectivity index (χ3n) is 4.75. The standard InChI is InChI=1S/C16H25N3O5S/c1-13(15(21)18-16(12-17)5-3-2-4-6-16)24-14(20)11-19-7-9-25(22,23)10-8-19/h13H,2-11H2,1H3,(H,18,21). The highest BCUT2D eigenvalue weighted by Crippen LogP contribution is 2.27. The van der Waals surface area contributed by atoms with Crippen molar-refractivity contribution < 1.29 is 22.7 Å². The molecule has 1 heterocycles. The van der Waals surface area contributed by atoms with Crippen LogP contribution in [0.25, 0.3) is 0 Å². The van der Waals surface area contributed by atoms with Gasteiger partial charge in [0.2, 0.25) is 0 Å². The largest absolute Gasteiger partial charge is 0.452 e. The van der Waals surface area contributed by atoms with Crippen molar-refractivity contribution in [3.8, 4) is 6.07 Å². The molecular formula is C16H25N3O5S. The molecule has 1 N–H and O–H groups in total. The maximum absolute atomic E-state index is 12.3. The van der Waals surface area contributed by atoms with E-state index in [4.69, 9.17) is 4.74 Å². The van der Waals surface area contributed by atoms with Gasteiger partial charge < -0.3 is 10.1 Å². The first kappa shape index (κ1) is 19.7. The average molecular weight is 371 g/mol. The second-order valence-electron chi connectivity index (χ2n) is 6.80. The van der Waals surface area contributed by atoms with E-state index in [0.29, 0.717) is 12.8 Å². The first-order chi connectivity index (χ1) is 11.8. The smallest absolute Gasteiger partial charge is 0.320 e. The summed E-state index contributed by atoms with van der Waals surface area (Å²) < 4.78 is 27.9. The van der Waals surface area contributed by atoms with Crippen LogP contribution in [0.15, 0.2) is 0 Å². The number of hydrogen-bond donors (Lipinski definition) is 1. The first-order valence-corrected chi connectivity index (χ1v) is 10.4. The van der Waals surface area contributed by atoms with Gasteiger partial charge in [-0.2, -0.15) is 5.26 Å². The van der Waals surface area contributed by atoms with E-state index in [1.165, 1.54) is 6.92 Å². The summed E-state index contributed by atoms with van der Waals surface area (Å²) in [5, 5.41) is 12.1. The SMILES string of the molecule is CC(OC(=O)CN1CCS(=O)(=O)CC1)C(=O)NC1(C#N)CCCCC1. The summed E-state index contributed by atoms with van der Waals surface area (Å²) in [6.45, 7) is 2.00. The molecule has 1 aliphatic carbocycles. The molecule has 1 unspecified atom stereocenters. The van der Waals surface area contributed by atoms with Crippen LogP contribution < -0.4 is 5.32 Å². The molecule has 8 nitrogen and oxygen atoms in total. The van der Waals surface area contributed by atoms with Crippen LogP contribution in [0.2, 0.25) is 0 Å². The second kappa shape index (κ2) is 8.15. The zero-order valence-corrected chi connectivity index (χ0v) is 15.3. The van der Waals surface area contributed by atoms with Gasteiger partial charge in [0.05, 0.1) is 24.1 Å². The third kappa shape index (κ3) is 5.68. The van der Waals surface area contributed by atoms with Gasteiger partial charge in [-0.3, -0.25) is 14.5 Å². The van der Waals surface area contributed by atoms with Crippen molar-refractivity contribution in [2.45, 2.75) is 50.7 Å². The van der Waals surface area contributed by atoms with E-state index < -0.39 is 33.4 Å². The Morgan fingerprint density at radius 2 is 1.84 bits per heavy atom. The maximum Gasteiger partial charge on any atom is 0.320 e. The van der Waals surface area contributed by atoms with E-state index in [1.54, 1.807) is 4.90 Å². The topological polar surface area (TPSA) is 117 Å². The molecule has 2 rings (SSSR count). The van der Waals surface area contributed by atoms with Gasteiger partial charge in [-0.25, -0.2) is 8.42 Å². The molecule has 0 aromatic carbocycles. The molecule has 2 fully saturated rings. The number of hydrogen-bond acceptors (Lipinski definition) is 7. The van der Waals surface area contributed by atoms with Crippen molar-refractivity contribution >= 4 is 21.7 Å². The Morgan fingerprint density at radius 1 is 1.24 bits per heavy atom. The Balaban J connectivity index is 1.80. The molecule has 0 spiro atoms. The van der Waals surface area contributed by atoms with Crippen molar-refractivity contribution in [2.75, 3.05) is 31.1 Å². The number of ether oxygens (including phenoxy) is 1. The molecule has 1 atom stereocenters. The predicted octanol–water partition coefficient (Wildman–Crippen LogP) is -0.00882. The zero-order valence-electron chi connectivity index (χ0n) is 14.5. The number of carbonyl (C=O) groups excluding carboxylic acids is 2. The highest BCUT2D eigenvalue weighted by atomic mass is 32.2. The van der Waals surface area contributed by atoms with Crippen LogP contribution in [0.1, 0.15) is 39.0 Å². The lowest BCUT2D eigenvalue weighted by molar-refractivity contribution is -0.156. The molecule has 0 bridgehead atoms. The Bertz CT molecular complexity index is 635. The number of nitriles is 1. The van der Waals surface area contributed by atoms with Gasteiger partial charge in [0.25, 0.3) is 5.91 Å². The van der Waals surface area contributed by atoms with Crippen LogP contribution in [-0.4, -0.2) is 68.0 Å². The minimum absolute atomic E-state index is 0.0288. The summed E-state index contributed by atoms with van der Waals surface area (Å²) >= 11 is 0. The molecule has 140 valence electrons. The third-order valence-corrected chi connectivity index (χ3v) is 6.36. The number of nitrogens with one attached hydrogen (secondary N) is 1. The molecule has 1 saturated carbocycles. The molecule has 2 aliphatic rings. The molecule has 0 radical (unpaired) electrons. The Labute approximate surface area is 148 Å². The van der Waals surface area contributed by atoms with Crippen LogP contribution in [0, 0.1) is 11.3 Å². The highest BCUT2D eigenvalue weighted by molar-refractivity contribution is 7.91. The Hall–Kier alpha value is -1.66. The van der Waals surface area contributed by atoms with E-state index in [1.807, 2.05) is 0 Å². The summed E-state index contributed by atoms with van der Waals surface area (Å²) in [6, 6.07) is 2.19. The number of rotatable bonds is 5. The normalized spacial score (nSPS) is 23.8. The van der Waals surface area contributed by atoms with Crippen LogP contribution in [0.3, 0.4) is 0 Å². The molecule has 0 aromatic heterocycles. The van der Waals surface area contributed by atoms with Crippen LogP contribution >= 0.6 is 0 Å². The quantitative estimate of drug-likeness (QED) is 0.676. The van der Waals surface area contributed by atoms with Crippen LogP contribution in [0.5, 0.6) is 0 Å². The predicted molar refractivity (Wildman–Crippen MR) is 90.2 cm³/mol. The maximum atomic E-state index is 12.3.